The smallest absolute Gasteiger partial charge is 0.142 e. The number of halogens is 3. The first-order valence-electron chi connectivity index (χ1n) is 5.67. The van der Waals surface area contributed by atoms with Crippen molar-refractivity contribution >= 4 is 46.6 Å². The fourth-order valence-electron chi connectivity index (χ4n) is 1.59. The lowest BCUT2D eigenvalue weighted by Crippen LogP contribution is -1.97. The molecule has 0 aliphatic heterocycles. The van der Waals surface area contributed by atoms with Gasteiger partial charge < -0.3 is 0 Å². The van der Waals surface area contributed by atoms with E-state index >= 15 is 0 Å². The average Bonchev–Trinajstić information content (AvgIpc) is 2.35. The van der Waals surface area contributed by atoms with Gasteiger partial charge in [-0.15, -0.1) is 0 Å². The molecule has 0 aliphatic rings. The highest BCUT2D eigenvalue weighted by Gasteiger charge is 2.13. The molecule has 19 heavy (non-hydrogen) atoms. The molecule has 1 heterocycles. The molecular weight excluding hydrogens is 323 g/mol. The molecule has 0 amide bonds. The highest BCUT2D eigenvalue weighted by atomic mass is 35.5. The largest absolute Gasteiger partial charge is 0.220 e. The van der Waals surface area contributed by atoms with E-state index in [1.54, 1.807) is 23.9 Å². The van der Waals surface area contributed by atoms with Crippen molar-refractivity contribution in [3.05, 3.63) is 45.4 Å². The zero-order valence-electron chi connectivity index (χ0n) is 10.2. The van der Waals surface area contributed by atoms with E-state index in [4.69, 9.17) is 34.8 Å². The van der Waals surface area contributed by atoms with Crippen LogP contribution in [0.4, 0.5) is 0 Å². The Morgan fingerprint density at radius 3 is 2.37 bits per heavy atom. The van der Waals surface area contributed by atoms with Gasteiger partial charge in [-0.05, 0) is 23.4 Å². The van der Waals surface area contributed by atoms with Gasteiger partial charge in [0.1, 0.15) is 16.1 Å². The van der Waals surface area contributed by atoms with Crippen LogP contribution in [0.15, 0.2) is 24.3 Å². The van der Waals surface area contributed by atoms with Gasteiger partial charge >= 0.3 is 0 Å². The summed E-state index contributed by atoms with van der Waals surface area (Å²) < 4.78 is 0. The Bertz CT molecular complexity index is 567. The van der Waals surface area contributed by atoms with Gasteiger partial charge in [-0.25, -0.2) is 9.97 Å². The quantitative estimate of drug-likeness (QED) is 0.705. The minimum Gasteiger partial charge on any atom is -0.220 e. The number of hydrogen-bond donors (Lipinski definition) is 0. The summed E-state index contributed by atoms with van der Waals surface area (Å²) in [5.74, 6) is 2.34. The van der Waals surface area contributed by atoms with Crippen molar-refractivity contribution in [2.24, 2.45) is 0 Å². The number of hydrogen-bond acceptors (Lipinski definition) is 3. The predicted molar refractivity (Wildman–Crippen MR) is 84.3 cm³/mol. The topological polar surface area (TPSA) is 25.8 Å². The molecule has 0 spiro atoms. The Morgan fingerprint density at radius 2 is 1.79 bits per heavy atom. The van der Waals surface area contributed by atoms with Crippen molar-refractivity contribution < 1.29 is 0 Å². The maximum Gasteiger partial charge on any atom is 0.142 e. The van der Waals surface area contributed by atoms with Gasteiger partial charge in [-0.2, -0.15) is 11.8 Å². The molecule has 6 heteroatoms. The van der Waals surface area contributed by atoms with Crippen LogP contribution >= 0.6 is 46.6 Å². The van der Waals surface area contributed by atoms with Crippen LogP contribution in [-0.2, 0) is 5.75 Å². The fourth-order valence-corrected chi connectivity index (χ4v) is 2.94. The van der Waals surface area contributed by atoms with E-state index in [1.165, 1.54) is 0 Å². The van der Waals surface area contributed by atoms with Gasteiger partial charge in [0.05, 0.1) is 11.3 Å². The Kier molecular flexibility index (Phi) is 5.34. The molecule has 0 fully saturated rings. The third-order valence-electron chi connectivity index (χ3n) is 2.42. The highest BCUT2D eigenvalue weighted by molar-refractivity contribution is 7.98. The normalized spacial score (nSPS) is 10.7. The third kappa shape index (κ3) is 3.76. The first-order chi connectivity index (χ1) is 9.11. The van der Waals surface area contributed by atoms with Crippen LogP contribution in [0.3, 0.4) is 0 Å². The second-order valence-electron chi connectivity index (χ2n) is 3.74. The van der Waals surface area contributed by atoms with Gasteiger partial charge in [-0.1, -0.05) is 53.9 Å². The van der Waals surface area contributed by atoms with Gasteiger partial charge in [0.15, 0.2) is 0 Å². The first kappa shape index (κ1) is 14.9. The molecule has 2 aromatic rings. The molecule has 0 saturated heterocycles. The highest BCUT2D eigenvalue weighted by Crippen LogP contribution is 2.33. The minimum absolute atomic E-state index is 0.356. The summed E-state index contributed by atoms with van der Waals surface area (Å²) >= 11 is 20.1. The first-order valence-corrected chi connectivity index (χ1v) is 7.96. The Morgan fingerprint density at radius 1 is 1.11 bits per heavy atom. The monoisotopic (exact) mass is 332 g/mol. The van der Waals surface area contributed by atoms with Crippen LogP contribution in [0.1, 0.15) is 12.7 Å². The van der Waals surface area contributed by atoms with E-state index in [-0.39, 0.29) is 0 Å². The molecular formula is C13H11Cl3N2S. The second kappa shape index (κ2) is 6.80. The lowest BCUT2D eigenvalue weighted by atomic mass is 10.1. The summed E-state index contributed by atoms with van der Waals surface area (Å²) in [6.45, 7) is 2.08. The van der Waals surface area contributed by atoms with Crippen LogP contribution in [0.25, 0.3) is 11.1 Å². The molecule has 0 unspecified atom stereocenters. The fraction of sp³-hybridized carbons (Fsp3) is 0.231. The molecule has 0 bridgehead atoms. The molecule has 1 aromatic heterocycles. The van der Waals surface area contributed by atoms with Gasteiger partial charge in [0.2, 0.25) is 0 Å². The summed E-state index contributed by atoms with van der Waals surface area (Å²) in [7, 11) is 0. The standard InChI is InChI=1S/C13H11Cl3N2S/c1-2-19-7-10-17-12(15)11(13(16)18-10)8-4-3-5-9(14)6-8/h3-6H,2,7H2,1H3. The van der Waals surface area contributed by atoms with E-state index in [1.807, 2.05) is 12.1 Å². The van der Waals surface area contributed by atoms with Crippen LogP contribution in [0.5, 0.6) is 0 Å². The van der Waals surface area contributed by atoms with Gasteiger partial charge in [0.25, 0.3) is 0 Å². The van der Waals surface area contributed by atoms with Crippen molar-refractivity contribution in [2.45, 2.75) is 12.7 Å². The van der Waals surface area contributed by atoms with Crippen molar-refractivity contribution in [3.63, 3.8) is 0 Å². The van der Waals surface area contributed by atoms with Crippen LogP contribution in [0, 0.1) is 0 Å². The Hall–Kier alpha value is -0.480. The Labute approximate surface area is 131 Å². The van der Waals surface area contributed by atoms with Crippen molar-refractivity contribution in [1.29, 1.82) is 0 Å². The Balaban J connectivity index is 2.42. The minimum atomic E-state index is 0.356. The molecule has 100 valence electrons. The molecule has 0 aliphatic carbocycles. The third-order valence-corrected chi connectivity index (χ3v) is 4.07. The molecule has 2 nitrogen and oxygen atoms in total. The second-order valence-corrected chi connectivity index (χ2v) is 6.17. The van der Waals surface area contributed by atoms with E-state index in [2.05, 4.69) is 16.9 Å². The summed E-state index contributed by atoms with van der Waals surface area (Å²) in [4.78, 5) is 8.57. The average molecular weight is 334 g/mol. The van der Waals surface area contributed by atoms with Crippen molar-refractivity contribution in [3.8, 4) is 11.1 Å². The predicted octanol–water partition coefficient (Wildman–Crippen LogP) is 5.36. The summed E-state index contributed by atoms with van der Waals surface area (Å²) in [5, 5.41) is 1.33. The molecule has 0 radical (unpaired) electrons. The number of benzene rings is 1. The van der Waals surface area contributed by atoms with Crippen LogP contribution in [-0.4, -0.2) is 15.7 Å². The van der Waals surface area contributed by atoms with E-state index in [9.17, 15) is 0 Å². The maximum atomic E-state index is 6.21. The zero-order valence-corrected chi connectivity index (χ0v) is 13.2. The van der Waals surface area contributed by atoms with Crippen LogP contribution < -0.4 is 0 Å². The summed E-state index contributed by atoms with van der Waals surface area (Å²) in [6, 6.07) is 7.30. The lowest BCUT2D eigenvalue weighted by Gasteiger charge is -2.08. The van der Waals surface area contributed by atoms with Gasteiger partial charge in [0, 0.05) is 5.02 Å². The van der Waals surface area contributed by atoms with Crippen molar-refractivity contribution in [2.75, 3.05) is 5.75 Å². The van der Waals surface area contributed by atoms with E-state index < -0.39 is 0 Å². The number of thioether (sulfide) groups is 1. The van der Waals surface area contributed by atoms with Crippen LogP contribution in [0.2, 0.25) is 15.3 Å². The maximum absolute atomic E-state index is 6.21. The molecule has 0 N–H and O–H groups in total. The van der Waals surface area contributed by atoms with E-state index in [0.717, 1.165) is 11.3 Å². The summed E-state index contributed by atoms with van der Waals surface area (Å²) in [6.07, 6.45) is 0. The molecule has 0 saturated carbocycles. The SMILES string of the molecule is CCSCc1nc(Cl)c(-c2cccc(Cl)c2)c(Cl)n1. The summed E-state index contributed by atoms with van der Waals surface area (Å²) in [5.41, 5.74) is 1.44. The van der Waals surface area contributed by atoms with Crippen molar-refractivity contribution in [1.82, 2.24) is 9.97 Å². The lowest BCUT2D eigenvalue weighted by molar-refractivity contribution is 1.04. The zero-order chi connectivity index (χ0) is 13.8. The number of nitrogens with zero attached hydrogens (tertiary/aromatic N) is 2. The number of rotatable bonds is 4. The molecule has 1 aromatic carbocycles. The number of aromatic nitrogens is 2. The molecule has 2 rings (SSSR count). The van der Waals surface area contributed by atoms with E-state index in [0.29, 0.717) is 32.5 Å². The van der Waals surface area contributed by atoms with Gasteiger partial charge in [-0.3, -0.25) is 0 Å². The molecule has 0 atom stereocenters.